The van der Waals surface area contributed by atoms with Crippen molar-refractivity contribution in [2.45, 2.75) is 130 Å². The van der Waals surface area contributed by atoms with Gasteiger partial charge >= 0.3 is 0 Å². The maximum Gasteiger partial charge on any atom is 0.287 e. The third kappa shape index (κ3) is 29.3. The van der Waals surface area contributed by atoms with Crippen molar-refractivity contribution in [2.24, 2.45) is 17.0 Å². The first-order valence-corrected chi connectivity index (χ1v) is 21.3. The first kappa shape index (κ1) is 57.0. The van der Waals surface area contributed by atoms with Gasteiger partial charge in [0.1, 0.15) is 0 Å². The quantitative estimate of drug-likeness (QED) is 0.0262. The summed E-state index contributed by atoms with van der Waals surface area (Å²) in [5.74, 6) is -8.28. The summed E-state index contributed by atoms with van der Waals surface area (Å²) >= 11 is 0. The number of azide groups is 1. The van der Waals surface area contributed by atoms with Gasteiger partial charge in [0.15, 0.2) is 40.5 Å². The molecule has 3 N–H and O–H groups in total. The van der Waals surface area contributed by atoms with Crippen LogP contribution in [-0.2, 0) is 67.0 Å². The number of ether oxygens (including phenoxy) is 3. The Morgan fingerprint density at radius 2 is 1.02 bits per heavy atom. The van der Waals surface area contributed by atoms with Gasteiger partial charge in [0.2, 0.25) is 17.6 Å². The number of unbranched alkanes of at least 4 members (excludes halogenated alkanes) is 4. The second kappa shape index (κ2) is 35.5. The monoisotopic (exact) mass is 878 g/mol. The van der Waals surface area contributed by atoms with Crippen LogP contribution in [0, 0.1) is 11.8 Å². The molecule has 0 bridgehead atoms. The fourth-order valence-electron chi connectivity index (χ4n) is 5.91. The molecule has 0 aliphatic heterocycles. The summed E-state index contributed by atoms with van der Waals surface area (Å²) in [6.07, 6.45) is 3.41. The van der Waals surface area contributed by atoms with Crippen LogP contribution in [0.5, 0.6) is 0 Å². The summed E-state index contributed by atoms with van der Waals surface area (Å²) < 4.78 is 16.2. The van der Waals surface area contributed by atoms with Crippen LogP contribution >= 0.6 is 0 Å². The highest BCUT2D eigenvalue weighted by atomic mass is 16.5. The van der Waals surface area contributed by atoms with Crippen LogP contribution in [0.25, 0.3) is 10.4 Å². The first-order valence-electron chi connectivity index (χ1n) is 21.3. The van der Waals surface area contributed by atoms with Gasteiger partial charge in [-0.05, 0) is 56.9 Å². The average molecular weight is 879 g/mol. The average Bonchev–Trinajstić information content (AvgIpc) is 3.22. The van der Waals surface area contributed by atoms with Crippen LogP contribution in [0.4, 0.5) is 0 Å². The lowest BCUT2D eigenvalue weighted by molar-refractivity contribution is -0.138. The number of hydrogen-bond donors (Lipinski definition) is 3. The summed E-state index contributed by atoms with van der Waals surface area (Å²) in [6, 6.07) is -0.971. The minimum absolute atomic E-state index is 0.0449. The lowest BCUT2D eigenvalue weighted by Gasteiger charge is -2.22. The van der Waals surface area contributed by atoms with E-state index in [9.17, 15) is 52.7 Å². The van der Waals surface area contributed by atoms with Gasteiger partial charge in [-0.2, -0.15) is 0 Å². The van der Waals surface area contributed by atoms with Crippen molar-refractivity contribution in [3.05, 3.63) is 10.4 Å². The van der Waals surface area contributed by atoms with Crippen molar-refractivity contribution in [1.82, 2.24) is 16.0 Å². The highest BCUT2D eigenvalue weighted by molar-refractivity contribution is 6.37. The van der Waals surface area contributed by atoms with E-state index in [2.05, 4.69) is 26.0 Å². The molecule has 0 saturated carbocycles. The van der Waals surface area contributed by atoms with Crippen LogP contribution in [-0.4, -0.2) is 129 Å². The van der Waals surface area contributed by atoms with Crippen LogP contribution in [0.2, 0.25) is 0 Å². The fourth-order valence-corrected chi connectivity index (χ4v) is 5.91. The molecule has 20 nitrogen and oxygen atoms in total. The highest BCUT2D eigenvalue weighted by Crippen LogP contribution is 2.18. The normalized spacial score (nSPS) is 12.2. The lowest BCUT2D eigenvalue weighted by atomic mass is 9.92. The molecule has 0 spiro atoms. The van der Waals surface area contributed by atoms with Gasteiger partial charge in [0, 0.05) is 96.4 Å². The lowest BCUT2D eigenvalue weighted by Crippen LogP contribution is -2.44. The predicted octanol–water partition coefficient (Wildman–Crippen LogP) is 2.78. The molecule has 20 heteroatoms. The molecule has 3 amide bonds. The molecule has 0 fully saturated rings. The summed E-state index contributed by atoms with van der Waals surface area (Å²) in [7, 11) is 0. The molecule has 0 aliphatic rings. The van der Waals surface area contributed by atoms with Crippen LogP contribution in [0.15, 0.2) is 5.11 Å². The number of nitrogens with zero attached hydrogens (tertiary/aromatic N) is 3. The van der Waals surface area contributed by atoms with E-state index in [1.807, 2.05) is 0 Å². The molecule has 62 heavy (non-hydrogen) atoms. The number of amides is 3. The molecule has 0 aromatic carbocycles. The SMILES string of the molecule is CC(=O)C(=O)CCCCCC(CC(=O)C(C)=O)C(=O)NCCCCC(NC(=O)C(CCCCNC(=O)C(C)=O)CC(=O)C(C)=O)C(=O)CCCOCCOCCOCCN=[N+]=[N-]. The van der Waals surface area contributed by atoms with Gasteiger partial charge in [-0.3, -0.25) is 52.7 Å². The third-order valence-corrected chi connectivity index (χ3v) is 9.60. The molecule has 0 radical (unpaired) electrons. The van der Waals surface area contributed by atoms with Crippen molar-refractivity contribution in [3.63, 3.8) is 0 Å². The zero-order valence-electron chi connectivity index (χ0n) is 36.8. The Morgan fingerprint density at radius 1 is 0.516 bits per heavy atom. The molecule has 3 unspecified atom stereocenters. The Kier molecular flexibility index (Phi) is 32.7. The highest BCUT2D eigenvalue weighted by Gasteiger charge is 2.28. The molecule has 0 heterocycles. The zero-order valence-corrected chi connectivity index (χ0v) is 36.8. The van der Waals surface area contributed by atoms with Crippen LogP contribution < -0.4 is 16.0 Å². The molecule has 0 saturated heterocycles. The van der Waals surface area contributed by atoms with E-state index in [1.54, 1.807) is 0 Å². The van der Waals surface area contributed by atoms with E-state index in [0.717, 1.165) is 20.8 Å². The van der Waals surface area contributed by atoms with Crippen LogP contribution in [0.1, 0.15) is 124 Å². The third-order valence-electron chi connectivity index (χ3n) is 9.60. The van der Waals surface area contributed by atoms with Gasteiger partial charge < -0.3 is 30.2 Å². The van der Waals surface area contributed by atoms with Gasteiger partial charge in [-0.15, -0.1) is 0 Å². The smallest absolute Gasteiger partial charge is 0.287 e. The number of nitrogens with one attached hydrogen (secondary N) is 3. The number of Topliss-reactive ketones (excluding diaryl/α,β-unsaturated/α-hetero) is 8. The summed E-state index contributed by atoms with van der Waals surface area (Å²) in [5.41, 5.74) is 8.26. The van der Waals surface area contributed by atoms with Crippen molar-refractivity contribution >= 4 is 64.0 Å². The minimum atomic E-state index is -0.971. The van der Waals surface area contributed by atoms with Crippen LogP contribution in [0.3, 0.4) is 0 Å². The van der Waals surface area contributed by atoms with E-state index >= 15 is 0 Å². The molecule has 0 aromatic heterocycles. The Hall–Kier alpha value is -5.04. The van der Waals surface area contributed by atoms with E-state index in [1.165, 1.54) is 6.92 Å². The van der Waals surface area contributed by atoms with Crippen molar-refractivity contribution in [1.29, 1.82) is 0 Å². The molecule has 0 aromatic rings. The van der Waals surface area contributed by atoms with Gasteiger partial charge in [-0.25, -0.2) is 0 Å². The number of carbonyl (C=O) groups is 11. The van der Waals surface area contributed by atoms with Gasteiger partial charge in [0.25, 0.3) is 5.91 Å². The molecule has 0 aliphatic carbocycles. The Labute approximate surface area is 363 Å². The minimum Gasteiger partial charge on any atom is -0.379 e. The van der Waals surface area contributed by atoms with Crippen molar-refractivity contribution < 1.29 is 67.0 Å². The maximum absolute atomic E-state index is 13.6. The second-order valence-electron chi connectivity index (χ2n) is 14.9. The molecule has 0 rings (SSSR count). The molecule has 3 atom stereocenters. The van der Waals surface area contributed by atoms with Crippen molar-refractivity contribution in [2.75, 3.05) is 59.3 Å². The Balaban J connectivity index is 5.48. The molecule has 348 valence electrons. The summed E-state index contributed by atoms with van der Waals surface area (Å²) in [4.78, 5) is 137. The maximum atomic E-state index is 13.6. The zero-order chi connectivity index (χ0) is 46.7. The Bertz CT molecular complexity index is 1560. The van der Waals surface area contributed by atoms with E-state index in [4.69, 9.17) is 19.7 Å². The number of carbonyl (C=O) groups excluding carboxylic acids is 11. The fraction of sp³-hybridized carbons (Fsp3) is 0.738. The van der Waals surface area contributed by atoms with E-state index in [0.29, 0.717) is 64.6 Å². The Morgan fingerprint density at radius 3 is 1.56 bits per heavy atom. The standard InChI is InChI=1S/C42H66N6O14/c1-29(49)36(53)16-7-5-6-13-33(27-38(55)30(2)50)41(58)45-19-11-9-15-35(37(54)17-12-21-60-23-25-62-26-24-61-22-20-46-48-43)47-42(59)34(28-39(56)31(3)51)14-8-10-18-44-40(57)32(4)52/h33-35H,5-28H2,1-4H3,(H,44,57)(H,45,58)(H,47,59). The van der Waals surface area contributed by atoms with Crippen molar-refractivity contribution in [3.8, 4) is 0 Å². The largest absolute Gasteiger partial charge is 0.379 e. The number of hydrogen-bond acceptors (Lipinski definition) is 15. The van der Waals surface area contributed by atoms with Gasteiger partial charge in [0.05, 0.1) is 39.1 Å². The number of ketones is 8. The first-order chi connectivity index (χ1) is 29.5. The summed E-state index contributed by atoms with van der Waals surface area (Å²) in [6.45, 7) is 6.79. The van der Waals surface area contributed by atoms with E-state index < -0.39 is 76.1 Å². The second-order valence-corrected chi connectivity index (χ2v) is 14.9. The van der Waals surface area contributed by atoms with Gasteiger partial charge in [-0.1, -0.05) is 24.4 Å². The van der Waals surface area contributed by atoms with E-state index in [-0.39, 0.29) is 96.8 Å². The number of rotatable bonds is 41. The topological polar surface area (TPSA) is 300 Å². The molecular formula is C42H66N6O14. The molecular weight excluding hydrogens is 812 g/mol. The summed E-state index contributed by atoms with van der Waals surface area (Å²) in [5, 5.41) is 11.4. The predicted molar refractivity (Wildman–Crippen MR) is 223 cm³/mol.